The molecule has 8 nitrogen and oxygen atoms in total. The number of carbonyl (C=O) groups is 2. The van der Waals surface area contributed by atoms with Crippen molar-refractivity contribution in [2.45, 2.75) is 19.5 Å². The third kappa shape index (κ3) is 3.37. The molecule has 2 rings (SSSR count). The number of nitrogens with zero attached hydrogens (tertiary/aromatic N) is 4. The van der Waals surface area contributed by atoms with E-state index in [1.165, 1.54) is 18.5 Å². The van der Waals surface area contributed by atoms with Gasteiger partial charge in [-0.15, -0.1) is 0 Å². The Morgan fingerprint density at radius 3 is 2.80 bits per heavy atom. The molecule has 0 aliphatic carbocycles. The zero-order valence-electron chi connectivity index (χ0n) is 10.7. The molecule has 0 aliphatic heterocycles. The van der Waals surface area contributed by atoms with Crippen molar-refractivity contribution in [2.75, 3.05) is 0 Å². The fraction of sp³-hybridized carbons (Fsp3) is 0.250. The molecule has 1 atom stereocenters. The Kier molecular flexibility index (Phi) is 4.04. The molecule has 2 heterocycles. The van der Waals surface area contributed by atoms with Gasteiger partial charge in [0.1, 0.15) is 18.3 Å². The van der Waals surface area contributed by atoms with Crippen molar-refractivity contribution in [1.82, 2.24) is 25.1 Å². The lowest BCUT2D eigenvalue weighted by molar-refractivity contribution is 0.0695. The molecule has 2 aromatic heterocycles. The van der Waals surface area contributed by atoms with E-state index in [1.807, 2.05) is 6.92 Å². The van der Waals surface area contributed by atoms with Crippen LogP contribution < -0.4 is 5.32 Å². The molecule has 104 valence electrons. The van der Waals surface area contributed by atoms with Gasteiger partial charge in [0, 0.05) is 12.2 Å². The van der Waals surface area contributed by atoms with Gasteiger partial charge in [0.2, 0.25) is 0 Å². The Labute approximate surface area is 114 Å². The van der Waals surface area contributed by atoms with E-state index in [0.717, 1.165) is 6.20 Å². The maximum atomic E-state index is 11.9. The van der Waals surface area contributed by atoms with Crippen LogP contribution in [-0.4, -0.2) is 42.8 Å². The van der Waals surface area contributed by atoms with Crippen LogP contribution in [0.4, 0.5) is 0 Å². The zero-order valence-corrected chi connectivity index (χ0v) is 10.7. The van der Waals surface area contributed by atoms with Gasteiger partial charge in [-0.05, 0) is 19.1 Å². The summed E-state index contributed by atoms with van der Waals surface area (Å²) < 4.78 is 1.60. The number of pyridine rings is 1. The van der Waals surface area contributed by atoms with Gasteiger partial charge in [-0.25, -0.2) is 9.78 Å². The van der Waals surface area contributed by atoms with E-state index in [0.29, 0.717) is 6.54 Å². The van der Waals surface area contributed by atoms with Crippen LogP contribution in [0.1, 0.15) is 27.8 Å². The van der Waals surface area contributed by atoms with E-state index < -0.39 is 5.97 Å². The van der Waals surface area contributed by atoms with Gasteiger partial charge in [0.05, 0.1) is 12.1 Å². The molecule has 8 heteroatoms. The lowest BCUT2D eigenvalue weighted by Crippen LogP contribution is -2.36. The molecule has 0 saturated carbocycles. The second-order valence-corrected chi connectivity index (χ2v) is 4.23. The minimum Gasteiger partial charge on any atom is -0.478 e. The van der Waals surface area contributed by atoms with Crippen LogP contribution in [0, 0.1) is 0 Å². The van der Waals surface area contributed by atoms with Crippen molar-refractivity contribution in [1.29, 1.82) is 0 Å². The van der Waals surface area contributed by atoms with Crippen LogP contribution in [0.25, 0.3) is 0 Å². The van der Waals surface area contributed by atoms with Crippen molar-refractivity contribution >= 4 is 11.9 Å². The average molecular weight is 275 g/mol. The first kappa shape index (κ1) is 13.7. The standard InChI is InChI=1S/C12H13N5O3/c1-8(5-17-7-13-6-15-17)16-11(18)10-3-2-9(4-14-10)12(19)20/h2-4,6-8H,5H2,1H3,(H,16,18)(H,19,20). The van der Waals surface area contributed by atoms with E-state index in [-0.39, 0.29) is 23.2 Å². The molecule has 0 aromatic carbocycles. The largest absolute Gasteiger partial charge is 0.478 e. The Morgan fingerprint density at radius 1 is 1.45 bits per heavy atom. The van der Waals surface area contributed by atoms with Crippen LogP contribution >= 0.6 is 0 Å². The summed E-state index contributed by atoms with van der Waals surface area (Å²) in [6.45, 7) is 2.31. The van der Waals surface area contributed by atoms with Crippen LogP contribution in [0.15, 0.2) is 31.0 Å². The fourth-order valence-electron chi connectivity index (χ4n) is 1.61. The van der Waals surface area contributed by atoms with Crippen LogP contribution in [-0.2, 0) is 6.54 Å². The summed E-state index contributed by atoms with van der Waals surface area (Å²) >= 11 is 0. The molecule has 2 aromatic rings. The number of hydrogen-bond acceptors (Lipinski definition) is 5. The first-order valence-corrected chi connectivity index (χ1v) is 5.89. The van der Waals surface area contributed by atoms with Gasteiger partial charge in [0.15, 0.2) is 0 Å². The van der Waals surface area contributed by atoms with Gasteiger partial charge in [-0.2, -0.15) is 5.10 Å². The Balaban J connectivity index is 1.95. The number of carbonyl (C=O) groups excluding carboxylic acids is 1. The average Bonchev–Trinajstić information content (AvgIpc) is 2.91. The predicted octanol–water partition coefficient (Wildman–Crippen LogP) is 0.190. The molecule has 1 amide bonds. The zero-order chi connectivity index (χ0) is 14.5. The summed E-state index contributed by atoms with van der Waals surface area (Å²) in [6, 6.07) is 2.55. The molecule has 0 fully saturated rings. The summed E-state index contributed by atoms with van der Waals surface area (Å²) in [7, 11) is 0. The second-order valence-electron chi connectivity index (χ2n) is 4.23. The molecule has 0 spiro atoms. The number of rotatable bonds is 5. The van der Waals surface area contributed by atoms with Crippen LogP contribution in [0.3, 0.4) is 0 Å². The van der Waals surface area contributed by atoms with Crippen molar-refractivity contribution in [3.63, 3.8) is 0 Å². The third-order valence-electron chi connectivity index (χ3n) is 2.55. The van der Waals surface area contributed by atoms with E-state index in [1.54, 1.807) is 11.0 Å². The third-order valence-corrected chi connectivity index (χ3v) is 2.55. The number of aromatic carboxylic acids is 1. The number of aromatic nitrogens is 4. The molecule has 1 unspecified atom stereocenters. The fourth-order valence-corrected chi connectivity index (χ4v) is 1.61. The summed E-state index contributed by atoms with van der Waals surface area (Å²) in [5.74, 6) is -1.45. The van der Waals surface area contributed by atoms with Crippen molar-refractivity contribution in [2.24, 2.45) is 0 Å². The Morgan fingerprint density at radius 2 is 2.25 bits per heavy atom. The summed E-state index contributed by atoms with van der Waals surface area (Å²) in [6.07, 6.45) is 4.13. The Hall–Kier alpha value is -2.77. The minimum atomic E-state index is -1.08. The number of carboxylic acids is 1. The van der Waals surface area contributed by atoms with Crippen LogP contribution in [0.5, 0.6) is 0 Å². The number of amides is 1. The quantitative estimate of drug-likeness (QED) is 0.806. The normalized spacial score (nSPS) is 11.8. The molecule has 20 heavy (non-hydrogen) atoms. The SMILES string of the molecule is CC(Cn1cncn1)NC(=O)c1ccc(C(=O)O)cn1. The number of hydrogen-bond donors (Lipinski definition) is 2. The Bertz CT molecular complexity index is 594. The summed E-state index contributed by atoms with van der Waals surface area (Å²) in [5, 5.41) is 15.4. The molecular formula is C12H13N5O3. The smallest absolute Gasteiger partial charge is 0.337 e. The van der Waals surface area contributed by atoms with Gasteiger partial charge < -0.3 is 10.4 Å². The highest BCUT2D eigenvalue weighted by atomic mass is 16.4. The first-order chi connectivity index (χ1) is 9.56. The van der Waals surface area contributed by atoms with Crippen LogP contribution in [0.2, 0.25) is 0 Å². The monoisotopic (exact) mass is 275 g/mol. The van der Waals surface area contributed by atoms with E-state index >= 15 is 0 Å². The van der Waals surface area contributed by atoms with Crippen molar-refractivity contribution in [3.8, 4) is 0 Å². The lowest BCUT2D eigenvalue weighted by Gasteiger charge is -2.13. The summed E-state index contributed by atoms with van der Waals surface area (Å²) in [5.41, 5.74) is 0.206. The van der Waals surface area contributed by atoms with Gasteiger partial charge in [-0.1, -0.05) is 0 Å². The van der Waals surface area contributed by atoms with Gasteiger partial charge >= 0.3 is 5.97 Å². The van der Waals surface area contributed by atoms with Gasteiger partial charge in [-0.3, -0.25) is 14.5 Å². The van der Waals surface area contributed by atoms with E-state index in [9.17, 15) is 9.59 Å². The highest BCUT2D eigenvalue weighted by Crippen LogP contribution is 2.01. The first-order valence-electron chi connectivity index (χ1n) is 5.89. The molecule has 2 N–H and O–H groups in total. The summed E-state index contributed by atoms with van der Waals surface area (Å²) in [4.78, 5) is 30.2. The van der Waals surface area contributed by atoms with Gasteiger partial charge in [0.25, 0.3) is 5.91 Å². The molecule has 0 saturated heterocycles. The highest BCUT2D eigenvalue weighted by Gasteiger charge is 2.12. The maximum Gasteiger partial charge on any atom is 0.337 e. The molecule has 0 aliphatic rings. The second kappa shape index (κ2) is 5.91. The predicted molar refractivity (Wildman–Crippen MR) is 68.1 cm³/mol. The molecule has 0 radical (unpaired) electrons. The lowest BCUT2D eigenvalue weighted by atomic mass is 10.2. The number of carboxylic acid groups (broad SMARTS) is 1. The number of nitrogens with one attached hydrogen (secondary N) is 1. The maximum absolute atomic E-state index is 11.9. The van der Waals surface area contributed by atoms with Crippen molar-refractivity contribution in [3.05, 3.63) is 42.2 Å². The topological polar surface area (TPSA) is 110 Å². The van der Waals surface area contributed by atoms with E-state index in [4.69, 9.17) is 5.11 Å². The molecular weight excluding hydrogens is 262 g/mol. The highest BCUT2D eigenvalue weighted by molar-refractivity contribution is 5.93. The van der Waals surface area contributed by atoms with Crippen molar-refractivity contribution < 1.29 is 14.7 Å². The van der Waals surface area contributed by atoms with E-state index in [2.05, 4.69) is 20.4 Å². The molecule has 0 bridgehead atoms. The minimum absolute atomic E-state index is 0.0391.